The summed E-state index contributed by atoms with van der Waals surface area (Å²) in [4.78, 5) is 1.09. The largest absolute Gasteiger partial charge is 0.392 e. The lowest BCUT2D eigenvalue weighted by molar-refractivity contribution is 0.200. The molecule has 20 heavy (non-hydrogen) atoms. The van der Waals surface area contributed by atoms with Gasteiger partial charge in [0.1, 0.15) is 5.15 Å². The van der Waals surface area contributed by atoms with Crippen LogP contribution in [0.3, 0.4) is 0 Å². The number of halogens is 2. The Labute approximate surface area is 132 Å². The second-order valence-electron chi connectivity index (χ2n) is 4.60. The second kappa shape index (κ2) is 6.85. The first-order valence-electron chi connectivity index (χ1n) is 6.21. The average molecular weight is 331 g/mol. The molecule has 2 rings (SSSR count). The summed E-state index contributed by atoms with van der Waals surface area (Å²) in [7, 11) is 1.80. The molecule has 6 heteroatoms. The molecule has 3 nitrogen and oxygen atoms in total. The van der Waals surface area contributed by atoms with E-state index in [2.05, 4.69) is 5.10 Å². The van der Waals surface area contributed by atoms with Crippen molar-refractivity contribution in [2.45, 2.75) is 24.3 Å². The Morgan fingerprint density at radius 2 is 1.95 bits per heavy atom. The van der Waals surface area contributed by atoms with E-state index in [9.17, 15) is 5.11 Å². The van der Waals surface area contributed by atoms with E-state index < -0.39 is 6.10 Å². The van der Waals surface area contributed by atoms with E-state index in [0.717, 1.165) is 16.2 Å². The molecule has 0 saturated carbocycles. The molecule has 0 aliphatic heterocycles. The van der Waals surface area contributed by atoms with Crippen LogP contribution in [0.1, 0.15) is 11.3 Å². The van der Waals surface area contributed by atoms with Crippen molar-refractivity contribution in [1.82, 2.24) is 9.78 Å². The molecule has 1 N–H and O–H groups in total. The summed E-state index contributed by atoms with van der Waals surface area (Å²) in [6, 6.07) is 7.58. The summed E-state index contributed by atoms with van der Waals surface area (Å²) in [5, 5.41) is 15.7. The van der Waals surface area contributed by atoms with Gasteiger partial charge in [-0.15, -0.1) is 11.8 Å². The van der Waals surface area contributed by atoms with Gasteiger partial charge in [0.2, 0.25) is 0 Å². The van der Waals surface area contributed by atoms with Crippen molar-refractivity contribution in [3.8, 4) is 0 Å². The molecule has 2 aromatic rings. The number of hydrogen-bond acceptors (Lipinski definition) is 3. The van der Waals surface area contributed by atoms with Crippen LogP contribution < -0.4 is 0 Å². The van der Waals surface area contributed by atoms with Crippen LogP contribution in [0.4, 0.5) is 0 Å². The number of nitrogens with zero attached hydrogens (tertiary/aromatic N) is 2. The fourth-order valence-corrected chi connectivity index (χ4v) is 3.13. The van der Waals surface area contributed by atoms with Gasteiger partial charge in [0, 0.05) is 34.7 Å². The van der Waals surface area contributed by atoms with Gasteiger partial charge in [-0.2, -0.15) is 5.10 Å². The van der Waals surface area contributed by atoms with Gasteiger partial charge in [-0.1, -0.05) is 23.2 Å². The molecule has 1 atom stereocenters. The van der Waals surface area contributed by atoms with Gasteiger partial charge in [0.25, 0.3) is 0 Å². The van der Waals surface area contributed by atoms with Crippen LogP contribution in [-0.4, -0.2) is 26.7 Å². The molecule has 108 valence electrons. The molecule has 1 unspecified atom stereocenters. The van der Waals surface area contributed by atoms with Gasteiger partial charge in [0.15, 0.2) is 0 Å². The minimum Gasteiger partial charge on any atom is -0.392 e. The van der Waals surface area contributed by atoms with Crippen LogP contribution in [-0.2, 0) is 13.5 Å². The number of benzene rings is 1. The normalized spacial score (nSPS) is 12.7. The molecule has 0 aliphatic carbocycles. The molecule has 1 aromatic carbocycles. The Bertz CT molecular complexity index is 584. The third kappa shape index (κ3) is 3.92. The van der Waals surface area contributed by atoms with E-state index >= 15 is 0 Å². The van der Waals surface area contributed by atoms with Crippen LogP contribution in [0, 0.1) is 6.92 Å². The Balaban J connectivity index is 1.92. The minimum atomic E-state index is -0.462. The number of rotatable bonds is 5. The number of hydrogen-bond donors (Lipinski definition) is 1. The first-order valence-corrected chi connectivity index (χ1v) is 7.96. The number of aliphatic hydroxyl groups is 1. The van der Waals surface area contributed by atoms with Gasteiger partial charge in [0.05, 0.1) is 11.8 Å². The maximum absolute atomic E-state index is 10.1. The molecule has 1 aromatic heterocycles. The first-order chi connectivity index (χ1) is 9.47. The van der Waals surface area contributed by atoms with Crippen molar-refractivity contribution in [3.63, 3.8) is 0 Å². The molecule has 0 amide bonds. The lowest BCUT2D eigenvalue weighted by atomic mass is 10.1. The van der Waals surface area contributed by atoms with Crippen LogP contribution in [0.5, 0.6) is 0 Å². The molecule has 0 bridgehead atoms. The fraction of sp³-hybridized carbons (Fsp3) is 0.357. The molecule has 0 aliphatic rings. The number of aromatic nitrogens is 2. The molecular weight excluding hydrogens is 315 g/mol. The summed E-state index contributed by atoms with van der Waals surface area (Å²) in [6.07, 6.45) is 0.0510. The summed E-state index contributed by atoms with van der Waals surface area (Å²) < 4.78 is 1.63. The van der Waals surface area contributed by atoms with Crippen molar-refractivity contribution in [3.05, 3.63) is 45.7 Å². The lowest BCUT2D eigenvalue weighted by Crippen LogP contribution is -2.14. The molecule has 0 radical (unpaired) electrons. The number of thioether (sulfide) groups is 1. The quantitative estimate of drug-likeness (QED) is 0.849. The van der Waals surface area contributed by atoms with Crippen molar-refractivity contribution in [2.75, 3.05) is 5.75 Å². The fourth-order valence-electron chi connectivity index (χ4n) is 1.92. The van der Waals surface area contributed by atoms with Gasteiger partial charge in [-0.05, 0) is 31.2 Å². The molecule has 1 heterocycles. The molecule has 0 spiro atoms. The monoisotopic (exact) mass is 330 g/mol. The third-order valence-electron chi connectivity index (χ3n) is 2.97. The molecule has 0 saturated heterocycles. The topological polar surface area (TPSA) is 38.0 Å². The second-order valence-corrected chi connectivity index (χ2v) is 6.49. The van der Waals surface area contributed by atoms with Crippen LogP contribution in [0.2, 0.25) is 10.2 Å². The predicted molar refractivity (Wildman–Crippen MR) is 84.8 cm³/mol. The number of aliphatic hydroxyl groups excluding tert-OH is 1. The average Bonchev–Trinajstić information content (AvgIpc) is 2.65. The summed E-state index contributed by atoms with van der Waals surface area (Å²) in [5.41, 5.74) is 1.78. The SMILES string of the molecule is Cc1nn(C)c(Cl)c1CC(O)CSc1ccc(Cl)cc1. The van der Waals surface area contributed by atoms with Gasteiger partial charge in [-0.3, -0.25) is 4.68 Å². The zero-order chi connectivity index (χ0) is 14.7. The van der Waals surface area contributed by atoms with Gasteiger partial charge < -0.3 is 5.11 Å². The Morgan fingerprint density at radius 1 is 1.30 bits per heavy atom. The van der Waals surface area contributed by atoms with Gasteiger partial charge >= 0.3 is 0 Å². The van der Waals surface area contributed by atoms with Crippen molar-refractivity contribution >= 4 is 35.0 Å². The predicted octanol–water partition coefficient (Wildman–Crippen LogP) is 3.73. The highest BCUT2D eigenvalue weighted by atomic mass is 35.5. The minimum absolute atomic E-state index is 0.462. The van der Waals surface area contributed by atoms with E-state index in [1.165, 1.54) is 0 Å². The maximum Gasteiger partial charge on any atom is 0.130 e. The van der Waals surface area contributed by atoms with Crippen LogP contribution in [0.15, 0.2) is 29.2 Å². The van der Waals surface area contributed by atoms with Crippen molar-refractivity contribution < 1.29 is 5.11 Å². The summed E-state index contributed by atoms with van der Waals surface area (Å²) >= 11 is 13.6. The maximum atomic E-state index is 10.1. The van der Waals surface area contributed by atoms with Crippen molar-refractivity contribution in [1.29, 1.82) is 0 Å². The highest BCUT2D eigenvalue weighted by Gasteiger charge is 2.15. The Morgan fingerprint density at radius 3 is 2.50 bits per heavy atom. The highest BCUT2D eigenvalue weighted by Crippen LogP contribution is 2.24. The van der Waals surface area contributed by atoms with E-state index in [-0.39, 0.29) is 0 Å². The Kier molecular flexibility index (Phi) is 5.38. The standard InChI is InChI=1S/C14H16Cl2N2OS/c1-9-13(14(16)18(2)17-9)7-11(19)8-20-12-5-3-10(15)4-6-12/h3-6,11,19H,7-8H2,1-2H3. The summed E-state index contributed by atoms with van der Waals surface area (Å²) in [6.45, 7) is 1.90. The van der Waals surface area contributed by atoms with E-state index in [1.54, 1.807) is 23.5 Å². The lowest BCUT2D eigenvalue weighted by Gasteiger charge is -2.10. The third-order valence-corrected chi connectivity index (χ3v) is 4.85. The van der Waals surface area contributed by atoms with Crippen LogP contribution >= 0.6 is 35.0 Å². The Hall–Kier alpha value is -0.680. The van der Waals surface area contributed by atoms with Crippen molar-refractivity contribution in [2.24, 2.45) is 7.05 Å². The zero-order valence-corrected chi connectivity index (χ0v) is 13.6. The number of aryl methyl sites for hydroxylation is 2. The van der Waals surface area contributed by atoms with E-state index in [4.69, 9.17) is 23.2 Å². The van der Waals surface area contributed by atoms with Crippen LogP contribution in [0.25, 0.3) is 0 Å². The summed E-state index contributed by atoms with van der Waals surface area (Å²) in [5.74, 6) is 0.603. The zero-order valence-electron chi connectivity index (χ0n) is 11.3. The van der Waals surface area contributed by atoms with Gasteiger partial charge in [-0.25, -0.2) is 0 Å². The smallest absolute Gasteiger partial charge is 0.130 e. The molecular formula is C14H16Cl2N2OS. The van der Waals surface area contributed by atoms with E-state index in [1.807, 2.05) is 31.2 Å². The first kappa shape index (κ1) is 15.7. The molecule has 0 fully saturated rings. The van der Waals surface area contributed by atoms with E-state index in [0.29, 0.717) is 22.3 Å². The highest BCUT2D eigenvalue weighted by molar-refractivity contribution is 7.99.